The maximum absolute atomic E-state index is 12.6. The first-order valence-corrected chi connectivity index (χ1v) is 8.57. The monoisotopic (exact) mass is 448 g/mol. The maximum Gasteiger partial charge on any atom is 0.422 e. The van der Waals surface area contributed by atoms with Gasteiger partial charge in [-0.05, 0) is 35.9 Å². The lowest BCUT2D eigenvalue weighted by Crippen LogP contribution is -2.26. The van der Waals surface area contributed by atoms with E-state index in [1.807, 2.05) is 5.32 Å². The molecular weight excluding hydrogens is 431 g/mol. The van der Waals surface area contributed by atoms with Gasteiger partial charge in [0.2, 0.25) is 0 Å². The molecule has 0 aromatic heterocycles. The first-order chi connectivity index (χ1) is 14.4. The van der Waals surface area contributed by atoms with Gasteiger partial charge in [-0.2, -0.15) is 22.0 Å². The fourth-order valence-electron chi connectivity index (χ4n) is 2.41. The number of amides is 2. The van der Waals surface area contributed by atoms with Crippen molar-refractivity contribution in [1.82, 2.24) is 4.90 Å². The summed E-state index contributed by atoms with van der Waals surface area (Å²) in [6, 6.07) is 8.86. The van der Waals surface area contributed by atoms with Crippen LogP contribution in [0.2, 0.25) is 0 Å². The topological polar surface area (TPSA) is 88.1 Å². The van der Waals surface area contributed by atoms with Crippen molar-refractivity contribution in [1.29, 1.82) is 0 Å². The second-order valence-electron chi connectivity index (χ2n) is 6.23. The average Bonchev–Trinajstić information content (AvgIpc) is 2.68. The highest BCUT2D eigenvalue weighted by Crippen LogP contribution is 2.24. The summed E-state index contributed by atoms with van der Waals surface area (Å²) in [5, 5.41) is 12.0. The zero-order valence-electron chi connectivity index (χ0n) is 16.0. The number of aromatic hydroxyl groups is 1. The van der Waals surface area contributed by atoms with Crippen molar-refractivity contribution in [3.63, 3.8) is 0 Å². The van der Waals surface area contributed by atoms with Crippen molar-refractivity contribution in [2.24, 2.45) is 0 Å². The van der Waals surface area contributed by atoms with Crippen LogP contribution in [-0.4, -0.2) is 48.4 Å². The highest BCUT2D eigenvalue weighted by atomic mass is 19.4. The summed E-state index contributed by atoms with van der Waals surface area (Å²) in [6.07, 6.45) is -6.08. The molecule has 2 rings (SSSR count). The third-order valence-electron chi connectivity index (χ3n) is 3.76. The molecule has 0 bridgehead atoms. The van der Waals surface area contributed by atoms with Gasteiger partial charge in [-0.3, -0.25) is 10.1 Å². The molecule has 2 amide bonds. The Morgan fingerprint density at radius 3 is 2.35 bits per heavy atom. The Morgan fingerprint density at radius 1 is 1.13 bits per heavy atom. The summed E-state index contributed by atoms with van der Waals surface area (Å²) >= 11 is 0. The Bertz CT molecular complexity index is 919. The predicted molar refractivity (Wildman–Crippen MR) is 98.0 cm³/mol. The average molecular weight is 448 g/mol. The number of anilines is 1. The van der Waals surface area contributed by atoms with Crippen LogP contribution in [0.15, 0.2) is 42.5 Å². The second kappa shape index (κ2) is 9.96. The highest BCUT2D eigenvalue weighted by Gasteiger charge is 2.29. The van der Waals surface area contributed by atoms with Crippen LogP contribution >= 0.6 is 0 Å². The Hall–Kier alpha value is -3.57. The van der Waals surface area contributed by atoms with Gasteiger partial charge in [0.25, 0.3) is 5.91 Å². The minimum atomic E-state index is -4.69. The van der Waals surface area contributed by atoms with Crippen molar-refractivity contribution >= 4 is 17.7 Å². The molecule has 0 heterocycles. The Labute approximate surface area is 173 Å². The molecule has 0 radical (unpaired) electrons. The van der Waals surface area contributed by atoms with Gasteiger partial charge in [0.15, 0.2) is 6.61 Å². The molecule has 168 valence electrons. The normalized spacial score (nSPS) is 11.2. The number of carbonyl (C=O) groups is 2. The van der Waals surface area contributed by atoms with Crippen LogP contribution in [0.25, 0.3) is 0 Å². The number of nitrogens with one attached hydrogen (secondary N) is 1. The van der Waals surface area contributed by atoms with E-state index in [1.165, 1.54) is 42.3 Å². The number of rotatable bonds is 7. The third-order valence-corrected chi connectivity index (χ3v) is 3.76. The van der Waals surface area contributed by atoms with Gasteiger partial charge in [-0.1, -0.05) is 12.1 Å². The minimum absolute atomic E-state index is 0.0402. The lowest BCUT2D eigenvalue weighted by Gasteiger charge is -2.19. The standard InChI is InChI=1S/C19H17F5N2O5/c1-26(9-11-2-5-13(6-3-11)31-17(20)21)16(28)14-8-12(4-7-15(14)27)25-18(29)30-10-19(22,23)24/h2-8,17,27H,9-10H2,1H3,(H,25,29). The van der Waals surface area contributed by atoms with E-state index in [4.69, 9.17) is 0 Å². The minimum Gasteiger partial charge on any atom is -0.507 e. The van der Waals surface area contributed by atoms with Crippen LogP contribution in [0.1, 0.15) is 15.9 Å². The van der Waals surface area contributed by atoms with Crippen LogP contribution in [0.4, 0.5) is 32.4 Å². The largest absolute Gasteiger partial charge is 0.507 e. The van der Waals surface area contributed by atoms with Gasteiger partial charge in [-0.25, -0.2) is 4.79 Å². The molecule has 0 saturated heterocycles. The summed E-state index contributed by atoms with van der Waals surface area (Å²) in [6.45, 7) is -4.71. The molecule has 0 unspecified atom stereocenters. The maximum atomic E-state index is 12.6. The second-order valence-corrected chi connectivity index (χ2v) is 6.23. The molecule has 2 aromatic carbocycles. The molecule has 0 atom stereocenters. The van der Waals surface area contributed by atoms with Crippen LogP contribution in [0, 0.1) is 0 Å². The summed E-state index contributed by atoms with van der Waals surface area (Å²) in [5.74, 6) is -1.15. The molecule has 7 nitrogen and oxygen atoms in total. The molecule has 31 heavy (non-hydrogen) atoms. The lowest BCUT2D eigenvalue weighted by molar-refractivity contribution is -0.159. The SMILES string of the molecule is CN(Cc1ccc(OC(F)F)cc1)C(=O)c1cc(NC(=O)OCC(F)(F)F)ccc1O. The van der Waals surface area contributed by atoms with Crippen molar-refractivity contribution < 1.29 is 46.1 Å². The van der Waals surface area contributed by atoms with Gasteiger partial charge in [-0.15, -0.1) is 0 Å². The van der Waals surface area contributed by atoms with Crippen LogP contribution in [-0.2, 0) is 11.3 Å². The summed E-state index contributed by atoms with van der Waals surface area (Å²) < 4.78 is 68.9. The number of phenolic OH excluding ortho intramolecular Hbond substituents is 1. The number of benzene rings is 2. The van der Waals surface area contributed by atoms with Gasteiger partial charge < -0.3 is 19.5 Å². The molecule has 0 spiro atoms. The Morgan fingerprint density at radius 2 is 1.77 bits per heavy atom. The number of nitrogens with zero attached hydrogens (tertiary/aromatic N) is 1. The Balaban J connectivity index is 2.04. The zero-order valence-corrected chi connectivity index (χ0v) is 16.0. The lowest BCUT2D eigenvalue weighted by atomic mass is 10.1. The molecule has 0 fully saturated rings. The van der Waals surface area contributed by atoms with Gasteiger partial charge in [0.1, 0.15) is 11.5 Å². The van der Waals surface area contributed by atoms with Crippen molar-refractivity contribution in [2.45, 2.75) is 19.3 Å². The number of phenols is 1. The molecule has 0 aliphatic heterocycles. The number of halogens is 5. The fourth-order valence-corrected chi connectivity index (χ4v) is 2.41. The van der Waals surface area contributed by atoms with E-state index >= 15 is 0 Å². The number of ether oxygens (including phenoxy) is 2. The smallest absolute Gasteiger partial charge is 0.422 e. The molecule has 2 aromatic rings. The zero-order chi connectivity index (χ0) is 23.2. The number of hydrogen-bond donors (Lipinski definition) is 2. The van der Waals surface area contributed by atoms with Crippen molar-refractivity contribution in [3.8, 4) is 11.5 Å². The number of hydrogen-bond acceptors (Lipinski definition) is 5. The first kappa shape index (κ1) is 23.7. The van der Waals surface area contributed by atoms with E-state index in [9.17, 15) is 36.6 Å². The fraction of sp³-hybridized carbons (Fsp3) is 0.263. The molecule has 0 aliphatic carbocycles. The van der Waals surface area contributed by atoms with Gasteiger partial charge in [0.05, 0.1) is 5.56 Å². The van der Waals surface area contributed by atoms with Crippen LogP contribution < -0.4 is 10.1 Å². The van der Waals surface area contributed by atoms with Crippen LogP contribution in [0.3, 0.4) is 0 Å². The van der Waals surface area contributed by atoms with Gasteiger partial charge >= 0.3 is 18.9 Å². The summed E-state index contributed by atoms with van der Waals surface area (Å²) in [5.41, 5.74) is 0.269. The Kier molecular flexibility index (Phi) is 7.61. The molecule has 2 N–H and O–H groups in total. The molecule has 0 aliphatic rings. The number of alkyl halides is 5. The van der Waals surface area contributed by atoms with E-state index in [2.05, 4.69) is 9.47 Å². The quantitative estimate of drug-likeness (QED) is 0.485. The predicted octanol–water partition coefficient (Wildman–Crippen LogP) is 4.38. The molecule has 12 heteroatoms. The van der Waals surface area contributed by atoms with E-state index in [-0.39, 0.29) is 23.5 Å². The third kappa shape index (κ3) is 7.64. The van der Waals surface area contributed by atoms with E-state index in [0.717, 1.165) is 12.1 Å². The molecule has 0 saturated carbocycles. The molecular formula is C19H17F5N2O5. The van der Waals surface area contributed by atoms with E-state index < -0.39 is 37.1 Å². The van der Waals surface area contributed by atoms with E-state index in [1.54, 1.807) is 0 Å². The summed E-state index contributed by atoms with van der Waals surface area (Å²) in [4.78, 5) is 25.3. The van der Waals surface area contributed by atoms with Crippen molar-refractivity contribution in [2.75, 3.05) is 19.0 Å². The van der Waals surface area contributed by atoms with E-state index in [0.29, 0.717) is 5.56 Å². The summed E-state index contributed by atoms with van der Waals surface area (Å²) in [7, 11) is 1.41. The highest BCUT2D eigenvalue weighted by molar-refractivity contribution is 5.98. The van der Waals surface area contributed by atoms with Crippen molar-refractivity contribution in [3.05, 3.63) is 53.6 Å². The first-order valence-electron chi connectivity index (χ1n) is 8.57. The van der Waals surface area contributed by atoms with Gasteiger partial charge in [0, 0.05) is 19.3 Å². The number of carbonyl (C=O) groups excluding carboxylic acids is 2. The van der Waals surface area contributed by atoms with Crippen LogP contribution in [0.5, 0.6) is 11.5 Å².